The van der Waals surface area contributed by atoms with Crippen LogP contribution in [0.4, 0.5) is 5.82 Å². The molecule has 1 aromatic heterocycles. The van der Waals surface area contributed by atoms with E-state index < -0.39 is 5.97 Å². The van der Waals surface area contributed by atoms with E-state index in [9.17, 15) is 4.79 Å². The SMILES string of the molecule is Cc1ccc(CN)c(NCC(=O)O)n1. The fraction of sp³-hybridized carbons (Fsp3) is 0.333. The van der Waals surface area contributed by atoms with Crippen LogP contribution in [0.25, 0.3) is 0 Å². The Morgan fingerprint density at radius 2 is 2.36 bits per heavy atom. The molecule has 0 bridgehead atoms. The van der Waals surface area contributed by atoms with Gasteiger partial charge in [-0.25, -0.2) is 4.98 Å². The van der Waals surface area contributed by atoms with E-state index >= 15 is 0 Å². The number of hydrogen-bond acceptors (Lipinski definition) is 4. The first kappa shape index (κ1) is 10.5. The monoisotopic (exact) mass is 195 g/mol. The molecule has 0 aliphatic rings. The van der Waals surface area contributed by atoms with Crippen LogP contribution < -0.4 is 11.1 Å². The van der Waals surface area contributed by atoms with Gasteiger partial charge in [-0.1, -0.05) is 6.07 Å². The molecule has 5 heteroatoms. The number of aliphatic carboxylic acids is 1. The third-order valence-corrected chi connectivity index (χ3v) is 1.75. The Balaban J connectivity index is 2.82. The number of carboxylic acid groups (broad SMARTS) is 1. The number of nitrogens with zero attached hydrogens (tertiary/aromatic N) is 1. The maximum atomic E-state index is 10.3. The molecule has 1 rings (SSSR count). The lowest BCUT2D eigenvalue weighted by Gasteiger charge is -2.08. The van der Waals surface area contributed by atoms with E-state index in [2.05, 4.69) is 10.3 Å². The number of carbonyl (C=O) groups is 1. The van der Waals surface area contributed by atoms with Gasteiger partial charge in [-0.3, -0.25) is 4.79 Å². The van der Waals surface area contributed by atoms with Gasteiger partial charge >= 0.3 is 5.97 Å². The minimum atomic E-state index is -0.920. The van der Waals surface area contributed by atoms with Gasteiger partial charge in [0.2, 0.25) is 0 Å². The van der Waals surface area contributed by atoms with Crippen molar-refractivity contribution in [3.63, 3.8) is 0 Å². The Morgan fingerprint density at radius 1 is 1.64 bits per heavy atom. The minimum Gasteiger partial charge on any atom is -0.480 e. The third kappa shape index (κ3) is 2.70. The number of carboxylic acids is 1. The lowest BCUT2D eigenvalue weighted by molar-refractivity contribution is -0.134. The van der Waals surface area contributed by atoms with Gasteiger partial charge in [-0.05, 0) is 13.0 Å². The average molecular weight is 195 g/mol. The van der Waals surface area contributed by atoms with Gasteiger partial charge < -0.3 is 16.2 Å². The molecule has 0 aliphatic heterocycles. The number of anilines is 1. The predicted molar refractivity (Wildman–Crippen MR) is 53.0 cm³/mol. The number of aryl methyl sites for hydroxylation is 1. The largest absolute Gasteiger partial charge is 0.480 e. The number of aromatic nitrogens is 1. The van der Waals surface area contributed by atoms with E-state index in [0.29, 0.717) is 12.4 Å². The molecule has 0 spiro atoms. The highest BCUT2D eigenvalue weighted by Gasteiger charge is 2.04. The first-order valence-corrected chi connectivity index (χ1v) is 4.25. The summed E-state index contributed by atoms with van der Waals surface area (Å²) < 4.78 is 0. The summed E-state index contributed by atoms with van der Waals surface area (Å²) in [6.45, 7) is 2.03. The van der Waals surface area contributed by atoms with E-state index in [4.69, 9.17) is 10.8 Å². The predicted octanol–water partition coefficient (Wildman–Crippen LogP) is 0.345. The zero-order valence-electron chi connectivity index (χ0n) is 7.95. The van der Waals surface area contributed by atoms with Crippen LogP contribution in [0.1, 0.15) is 11.3 Å². The summed E-state index contributed by atoms with van der Waals surface area (Å²) in [5.41, 5.74) is 7.12. The Morgan fingerprint density at radius 3 is 2.93 bits per heavy atom. The molecule has 0 aromatic carbocycles. The van der Waals surface area contributed by atoms with Crippen molar-refractivity contribution in [2.75, 3.05) is 11.9 Å². The topological polar surface area (TPSA) is 88.2 Å². The van der Waals surface area contributed by atoms with Crippen molar-refractivity contribution < 1.29 is 9.90 Å². The van der Waals surface area contributed by atoms with E-state index in [1.807, 2.05) is 19.1 Å². The normalized spacial score (nSPS) is 9.86. The zero-order valence-corrected chi connectivity index (χ0v) is 7.95. The lowest BCUT2D eigenvalue weighted by atomic mass is 10.2. The molecule has 0 aliphatic carbocycles. The van der Waals surface area contributed by atoms with Gasteiger partial charge in [0.25, 0.3) is 0 Å². The summed E-state index contributed by atoms with van der Waals surface area (Å²) in [4.78, 5) is 14.5. The van der Waals surface area contributed by atoms with E-state index in [0.717, 1.165) is 11.3 Å². The molecule has 14 heavy (non-hydrogen) atoms. The number of nitrogens with one attached hydrogen (secondary N) is 1. The second kappa shape index (κ2) is 4.57. The van der Waals surface area contributed by atoms with Crippen LogP contribution in [0, 0.1) is 6.92 Å². The van der Waals surface area contributed by atoms with Gasteiger partial charge in [0.15, 0.2) is 0 Å². The van der Waals surface area contributed by atoms with Gasteiger partial charge in [-0.2, -0.15) is 0 Å². The molecule has 0 saturated heterocycles. The Bertz CT molecular complexity index is 339. The molecule has 0 atom stereocenters. The van der Waals surface area contributed by atoms with Gasteiger partial charge in [0, 0.05) is 17.8 Å². The Labute approximate surface area is 82.0 Å². The van der Waals surface area contributed by atoms with Gasteiger partial charge in [-0.15, -0.1) is 0 Å². The number of hydrogen-bond donors (Lipinski definition) is 3. The molecule has 1 aromatic rings. The maximum Gasteiger partial charge on any atom is 0.322 e. The molecule has 5 nitrogen and oxygen atoms in total. The van der Waals surface area contributed by atoms with Crippen LogP contribution in [-0.4, -0.2) is 22.6 Å². The summed E-state index contributed by atoms with van der Waals surface area (Å²) in [5.74, 6) is -0.369. The number of nitrogens with two attached hydrogens (primary N) is 1. The highest BCUT2D eigenvalue weighted by Crippen LogP contribution is 2.11. The van der Waals surface area contributed by atoms with Crippen molar-refractivity contribution in [1.29, 1.82) is 0 Å². The Hall–Kier alpha value is -1.62. The Kier molecular flexibility index (Phi) is 3.41. The fourth-order valence-electron chi connectivity index (χ4n) is 1.06. The van der Waals surface area contributed by atoms with Crippen molar-refractivity contribution in [2.24, 2.45) is 5.73 Å². The summed E-state index contributed by atoms with van der Waals surface area (Å²) in [6, 6.07) is 3.68. The molecule has 4 N–H and O–H groups in total. The second-order valence-corrected chi connectivity index (χ2v) is 2.91. The van der Waals surface area contributed by atoms with Crippen LogP contribution in [0.3, 0.4) is 0 Å². The van der Waals surface area contributed by atoms with Gasteiger partial charge in [0.05, 0.1) is 0 Å². The lowest BCUT2D eigenvalue weighted by Crippen LogP contribution is -2.15. The standard InChI is InChI=1S/C9H13N3O2/c1-6-2-3-7(4-10)9(12-6)11-5-8(13)14/h2-3H,4-5,10H2,1H3,(H,11,12)(H,13,14). The smallest absolute Gasteiger partial charge is 0.322 e. The molecule has 0 unspecified atom stereocenters. The molecule has 76 valence electrons. The molecule has 0 radical (unpaired) electrons. The number of rotatable bonds is 4. The van der Waals surface area contributed by atoms with Crippen molar-refractivity contribution >= 4 is 11.8 Å². The summed E-state index contributed by atoms with van der Waals surface area (Å²) in [7, 11) is 0. The van der Waals surface area contributed by atoms with Gasteiger partial charge in [0.1, 0.15) is 12.4 Å². The zero-order chi connectivity index (χ0) is 10.6. The summed E-state index contributed by atoms with van der Waals surface area (Å²) >= 11 is 0. The summed E-state index contributed by atoms with van der Waals surface area (Å²) in [5, 5.41) is 11.2. The maximum absolute atomic E-state index is 10.3. The molecule has 0 amide bonds. The number of pyridine rings is 1. The minimum absolute atomic E-state index is 0.149. The van der Waals surface area contributed by atoms with Crippen LogP contribution in [0.15, 0.2) is 12.1 Å². The summed E-state index contributed by atoms with van der Waals surface area (Å²) in [6.07, 6.45) is 0. The first-order chi connectivity index (χ1) is 6.63. The second-order valence-electron chi connectivity index (χ2n) is 2.91. The first-order valence-electron chi connectivity index (χ1n) is 4.25. The molecule has 0 saturated carbocycles. The van der Waals surface area contributed by atoms with E-state index in [1.165, 1.54) is 0 Å². The van der Waals surface area contributed by atoms with Crippen LogP contribution in [0.5, 0.6) is 0 Å². The molecular weight excluding hydrogens is 182 g/mol. The fourth-order valence-corrected chi connectivity index (χ4v) is 1.06. The third-order valence-electron chi connectivity index (χ3n) is 1.75. The quantitative estimate of drug-likeness (QED) is 0.645. The van der Waals surface area contributed by atoms with Crippen LogP contribution >= 0.6 is 0 Å². The van der Waals surface area contributed by atoms with E-state index in [1.54, 1.807) is 0 Å². The van der Waals surface area contributed by atoms with Crippen molar-refractivity contribution in [3.8, 4) is 0 Å². The van der Waals surface area contributed by atoms with Crippen LogP contribution in [-0.2, 0) is 11.3 Å². The highest BCUT2D eigenvalue weighted by atomic mass is 16.4. The highest BCUT2D eigenvalue weighted by molar-refractivity contribution is 5.72. The van der Waals surface area contributed by atoms with Crippen molar-refractivity contribution in [2.45, 2.75) is 13.5 Å². The van der Waals surface area contributed by atoms with E-state index in [-0.39, 0.29) is 6.54 Å². The van der Waals surface area contributed by atoms with Crippen molar-refractivity contribution in [3.05, 3.63) is 23.4 Å². The van der Waals surface area contributed by atoms with Crippen LogP contribution in [0.2, 0.25) is 0 Å². The molecule has 1 heterocycles. The molecule has 0 fully saturated rings. The van der Waals surface area contributed by atoms with Crippen molar-refractivity contribution in [1.82, 2.24) is 4.98 Å². The average Bonchev–Trinajstić information content (AvgIpc) is 2.15. The molecular formula is C9H13N3O2.